The molecule has 0 aliphatic carbocycles. The second-order valence-corrected chi connectivity index (χ2v) is 10.9. The molecule has 3 heterocycles. The molecular formula is C22H37N5O3S. The van der Waals surface area contributed by atoms with E-state index in [0.29, 0.717) is 6.54 Å². The van der Waals surface area contributed by atoms with Gasteiger partial charge in [-0.05, 0) is 59.1 Å². The molecule has 0 spiro atoms. The van der Waals surface area contributed by atoms with Crippen LogP contribution in [-0.2, 0) is 14.8 Å². The first-order chi connectivity index (χ1) is 14.7. The van der Waals surface area contributed by atoms with Gasteiger partial charge >= 0.3 is 0 Å². The van der Waals surface area contributed by atoms with Crippen molar-refractivity contribution in [2.45, 2.75) is 63.9 Å². The third-order valence-corrected chi connectivity index (χ3v) is 8.31. The van der Waals surface area contributed by atoms with Crippen molar-refractivity contribution in [3.8, 4) is 0 Å². The first kappa shape index (κ1) is 23.9. The average Bonchev–Trinajstić information content (AvgIpc) is 2.74. The lowest BCUT2D eigenvalue weighted by Gasteiger charge is -2.36. The maximum absolute atomic E-state index is 13.0. The van der Waals surface area contributed by atoms with E-state index in [1.54, 1.807) is 12.1 Å². The van der Waals surface area contributed by atoms with E-state index in [-0.39, 0.29) is 22.9 Å². The van der Waals surface area contributed by atoms with Gasteiger partial charge in [-0.25, -0.2) is 13.4 Å². The zero-order chi connectivity index (χ0) is 22.6. The lowest BCUT2D eigenvalue weighted by Crippen LogP contribution is -2.50. The number of rotatable bonds is 7. The van der Waals surface area contributed by atoms with Crippen LogP contribution in [0.15, 0.2) is 23.2 Å². The maximum atomic E-state index is 13.0. The maximum Gasteiger partial charge on any atom is 0.245 e. The van der Waals surface area contributed by atoms with Crippen LogP contribution >= 0.6 is 0 Å². The molecule has 0 saturated carbocycles. The summed E-state index contributed by atoms with van der Waals surface area (Å²) in [5, 5.41) is 0. The van der Waals surface area contributed by atoms with Crippen molar-refractivity contribution in [3.05, 3.63) is 18.3 Å². The predicted molar refractivity (Wildman–Crippen MR) is 123 cm³/mol. The largest absolute Gasteiger partial charge is 0.354 e. The zero-order valence-corrected chi connectivity index (χ0v) is 20.1. The molecule has 2 aliphatic rings. The quantitative estimate of drug-likeness (QED) is 0.631. The number of likely N-dealkylation sites (tertiary alicyclic amines) is 1. The standard InChI is InChI=1S/C22H37N5O3S/c1-18(2)27(19(3)4)31(29,30)20-8-9-21(23-16-20)25-14-12-24(13-15-25)17-22(28)26-10-6-5-7-11-26/h8-9,16,18-19H,5-7,10-15,17H2,1-4H3. The van der Waals surface area contributed by atoms with Crippen LogP contribution in [0.1, 0.15) is 47.0 Å². The first-order valence-electron chi connectivity index (χ1n) is 11.4. The van der Waals surface area contributed by atoms with Crippen LogP contribution in [0.3, 0.4) is 0 Å². The number of hydrogen-bond donors (Lipinski definition) is 0. The third-order valence-electron chi connectivity index (χ3n) is 6.08. The molecule has 0 atom stereocenters. The van der Waals surface area contributed by atoms with Gasteiger partial charge in [0.25, 0.3) is 0 Å². The molecule has 1 amide bonds. The molecule has 9 heteroatoms. The van der Waals surface area contributed by atoms with E-state index in [1.165, 1.54) is 16.9 Å². The SMILES string of the molecule is CC(C)N(C(C)C)S(=O)(=O)c1ccc(N2CCN(CC(=O)N3CCCCC3)CC2)nc1. The number of aromatic nitrogens is 1. The number of hydrogen-bond acceptors (Lipinski definition) is 6. The molecule has 1 aromatic heterocycles. The molecule has 1 aromatic rings. The van der Waals surface area contributed by atoms with Gasteiger partial charge in [-0.3, -0.25) is 9.69 Å². The average molecular weight is 452 g/mol. The van der Waals surface area contributed by atoms with Crippen molar-refractivity contribution in [2.75, 3.05) is 50.7 Å². The second kappa shape index (κ2) is 10.3. The number of nitrogens with zero attached hydrogens (tertiary/aromatic N) is 5. The van der Waals surface area contributed by atoms with Gasteiger partial charge in [-0.1, -0.05) is 0 Å². The minimum Gasteiger partial charge on any atom is -0.354 e. The Kier molecular flexibility index (Phi) is 7.93. The van der Waals surface area contributed by atoms with E-state index in [2.05, 4.69) is 14.8 Å². The highest BCUT2D eigenvalue weighted by atomic mass is 32.2. The van der Waals surface area contributed by atoms with Gasteiger partial charge in [0.05, 0.1) is 6.54 Å². The molecule has 2 aliphatic heterocycles. The van der Waals surface area contributed by atoms with Gasteiger partial charge < -0.3 is 9.80 Å². The number of carbonyl (C=O) groups excluding carboxylic acids is 1. The fourth-order valence-electron chi connectivity index (χ4n) is 4.55. The van der Waals surface area contributed by atoms with Crippen LogP contribution in [0.2, 0.25) is 0 Å². The van der Waals surface area contributed by atoms with Gasteiger partial charge in [-0.15, -0.1) is 0 Å². The molecule has 31 heavy (non-hydrogen) atoms. The minimum atomic E-state index is -3.58. The number of amides is 1. The molecule has 0 aromatic carbocycles. The highest BCUT2D eigenvalue weighted by Crippen LogP contribution is 2.23. The van der Waals surface area contributed by atoms with Gasteiger partial charge in [-0.2, -0.15) is 4.31 Å². The van der Waals surface area contributed by atoms with Crippen molar-refractivity contribution >= 4 is 21.7 Å². The topological polar surface area (TPSA) is 77.1 Å². The van der Waals surface area contributed by atoms with Gasteiger partial charge in [0.1, 0.15) is 10.7 Å². The highest BCUT2D eigenvalue weighted by Gasteiger charge is 2.30. The lowest BCUT2D eigenvalue weighted by molar-refractivity contribution is -0.133. The fraction of sp³-hybridized carbons (Fsp3) is 0.727. The summed E-state index contributed by atoms with van der Waals surface area (Å²) in [4.78, 5) is 23.5. The van der Waals surface area contributed by atoms with E-state index >= 15 is 0 Å². The smallest absolute Gasteiger partial charge is 0.245 e. The number of sulfonamides is 1. The molecule has 3 rings (SSSR count). The normalized spacial score (nSPS) is 18.9. The fourth-order valence-corrected chi connectivity index (χ4v) is 6.33. The Morgan fingerprint density at radius 2 is 1.58 bits per heavy atom. The van der Waals surface area contributed by atoms with E-state index < -0.39 is 10.0 Å². The van der Waals surface area contributed by atoms with Crippen LogP contribution < -0.4 is 4.90 Å². The molecule has 2 saturated heterocycles. The van der Waals surface area contributed by atoms with Crippen LogP contribution in [0, 0.1) is 0 Å². The Bertz CT molecular complexity index is 819. The third kappa shape index (κ3) is 5.75. The molecular weight excluding hydrogens is 414 g/mol. The number of anilines is 1. The van der Waals surface area contributed by atoms with E-state index in [1.807, 2.05) is 32.6 Å². The molecule has 2 fully saturated rings. The van der Waals surface area contributed by atoms with E-state index in [9.17, 15) is 13.2 Å². The van der Waals surface area contributed by atoms with Crippen molar-refractivity contribution < 1.29 is 13.2 Å². The van der Waals surface area contributed by atoms with Gasteiger partial charge in [0.15, 0.2) is 0 Å². The summed E-state index contributed by atoms with van der Waals surface area (Å²) in [6, 6.07) is 3.21. The first-order valence-corrected chi connectivity index (χ1v) is 12.9. The molecule has 174 valence electrons. The van der Waals surface area contributed by atoms with E-state index in [4.69, 9.17) is 0 Å². The summed E-state index contributed by atoms with van der Waals surface area (Å²) in [5.41, 5.74) is 0. The molecule has 8 nitrogen and oxygen atoms in total. The summed E-state index contributed by atoms with van der Waals surface area (Å²) in [6.45, 7) is 13.0. The lowest BCUT2D eigenvalue weighted by atomic mass is 10.1. The van der Waals surface area contributed by atoms with Crippen LogP contribution in [0.4, 0.5) is 5.82 Å². The Morgan fingerprint density at radius 1 is 0.968 bits per heavy atom. The summed E-state index contributed by atoms with van der Waals surface area (Å²) >= 11 is 0. The minimum absolute atomic E-state index is 0.120. The Labute approximate surface area is 187 Å². The number of piperazine rings is 1. The Balaban J connectivity index is 1.57. The summed E-state index contributed by atoms with van der Waals surface area (Å²) in [7, 11) is -3.58. The summed E-state index contributed by atoms with van der Waals surface area (Å²) < 4.78 is 27.5. The molecule has 0 radical (unpaired) electrons. The molecule has 0 N–H and O–H groups in total. The molecule has 0 unspecified atom stereocenters. The molecule has 0 bridgehead atoms. The van der Waals surface area contributed by atoms with Crippen LogP contribution in [0.25, 0.3) is 0 Å². The van der Waals surface area contributed by atoms with Crippen LogP contribution in [-0.4, -0.2) is 91.3 Å². The van der Waals surface area contributed by atoms with Gasteiger partial charge in [0, 0.05) is 57.5 Å². The van der Waals surface area contributed by atoms with Crippen molar-refractivity contribution in [3.63, 3.8) is 0 Å². The number of carbonyl (C=O) groups is 1. The number of piperidine rings is 1. The van der Waals surface area contributed by atoms with Gasteiger partial charge in [0.2, 0.25) is 15.9 Å². The summed E-state index contributed by atoms with van der Waals surface area (Å²) in [5.74, 6) is 1.02. The van der Waals surface area contributed by atoms with Crippen molar-refractivity contribution in [1.82, 2.24) is 19.1 Å². The zero-order valence-electron chi connectivity index (χ0n) is 19.3. The van der Waals surface area contributed by atoms with Crippen molar-refractivity contribution in [2.24, 2.45) is 0 Å². The monoisotopic (exact) mass is 451 g/mol. The van der Waals surface area contributed by atoms with Crippen molar-refractivity contribution in [1.29, 1.82) is 0 Å². The number of pyridine rings is 1. The Morgan fingerprint density at radius 3 is 2.10 bits per heavy atom. The highest BCUT2D eigenvalue weighted by molar-refractivity contribution is 7.89. The Hall–Kier alpha value is -1.71. The summed E-state index contributed by atoms with van der Waals surface area (Å²) in [6.07, 6.45) is 4.92. The predicted octanol–water partition coefficient (Wildman–Crippen LogP) is 2.02. The van der Waals surface area contributed by atoms with E-state index in [0.717, 1.165) is 57.9 Å². The van der Waals surface area contributed by atoms with Crippen LogP contribution in [0.5, 0.6) is 0 Å². The second-order valence-electron chi connectivity index (χ2n) is 9.08.